The summed E-state index contributed by atoms with van der Waals surface area (Å²) in [6, 6.07) is 0. The lowest BCUT2D eigenvalue weighted by Gasteiger charge is -2.32. The van der Waals surface area contributed by atoms with Gasteiger partial charge in [-0.2, -0.15) is 0 Å². The van der Waals surface area contributed by atoms with Crippen LogP contribution in [0.2, 0.25) is 0 Å². The van der Waals surface area contributed by atoms with Gasteiger partial charge in [-0.05, 0) is 32.2 Å². The number of carbonyl (C=O) groups excluding carboxylic acids is 1. The first-order valence-corrected chi connectivity index (χ1v) is 6.46. The number of rotatable bonds is 5. The maximum absolute atomic E-state index is 12.0. The molecule has 100 valence electrons. The molecule has 5 nitrogen and oxygen atoms in total. The summed E-state index contributed by atoms with van der Waals surface area (Å²) >= 11 is 0. The van der Waals surface area contributed by atoms with Gasteiger partial charge in [0.15, 0.2) is 0 Å². The van der Waals surface area contributed by atoms with Gasteiger partial charge in [-0.15, -0.1) is 0 Å². The van der Waals surface area contributed by atoms with Gasteiger partial charge < -0.3 is 14.6 Å². The topological polar surface area (TPSA) is 56.1 Å². The largest absolute Gasteiger partial charge is 0.468 e. The number of esters is 1. The Labute approximate surface area is 108 Å². The predicted octanol–water partition coefficient (Wildman–Crippen LogP) is 1.20. The molecule has 0 amide bonds. The molecule has 1 aromatic heterocycles. The van der Waals surface area contributed by atoms with E-state index in [0.29, 0.717) is 5.92 Å². The van der Waals surface area contributed by atoms with E-state index in [4.69, 9.17) is 4.74 Å². The zero-order chi connectivity index (χ0) is 13.0. The van der Waals surface area contributed by atoms with E-state index in [-0.39, 0.29) is 5.97 Å². The number of nitrogens with one attached hydrogen (secondary N) is 1. The minimum atomic E-state index is -0.491. The van der Waals surface area contributed by atoms with Crippen LogP contribution in [0.25, 0.3) is 0 Å². The van der Waals surface area contributed by atoms with Gasteiger partial charge in [0.2, 0.25) is 0 Å². The zero-order valence-electron chi connectivity index (χ0n) is 11.1. The summed E-state index contributed by atoms with van der Waals surface area (Å²) in [5.74, 6) is 0.204. The first kappa shape index (κ1) is 13.1. The SMILES string of the molecule is CNC1(C(=O)OC)CCCC1CCn1ccnc1. The molecule has 1 saturated carbocycles. The molecule has 1 aliphatic carbocycles. The molecule has 2 rings (SSSR count). The van der Waals surface area contributed by atoms with Crippen molar-refractivity contribution in [1.82, 2.24) is 14.9 Å². The lowest BCUT2D eigenvalue weighted by molar-refractivity contribution is -0.150. The Bertz CT molecular complexity index is 391. The Morgan fingerprint density at radius 1 is 1.67 bits per heavy atom. The van der Waals surface area contributed by atoms with Gasteiger partial charge in [0.25, 0.3) is 0 Å². The molecular weight excluding hydrogens is 230 g/mol. The second-order valence-corrected chi connectivity index (χ2v) is 4.89. The normalized spacial score (nSPS) is 27.3. The van der Waals surface area contributed by atoms with Crippen LogP contribution in [0.15, 0.2) is 18.7 Å². The molecule has 2 atom stereocenters. The Hall–Kier alpha value is -1.36. The Kier molecular flexibility index (Phi) is 4.01. The highest BCUT2D eigenvalue weighted by atomic mass is 16.5. The van der Waals surface area contributed by atoms with Crippen LogP contribution < -0.4 is 5.32 Å². The smallest absolute Gasteiger partial charge is 0.326 e. The van der Waals surface area contributed by atoms with Crippen LogP contribution >= 0.6 is 0 Å². The third-order valence-corrected chi connectivity index (χ3v) is 4.11. The lowest BCUT2D eigenvalue weighted by Crippen LogP contribution is -2.54. The lowest BCUT2D eigenvalue weighted by atomic mass is 9.84. The third-order valence-electron chi connectivity index (χ3n) is 4.11. The Morgan fingerprint density at radius 3 is 3.11 bits per heavy atom. The molecule has 18 heavy (non-hydrogen) atoms. The van der Waals surface area contributed by atoms with Gasteiger partial charge in [-0.25, -0.2) is 4.98 Å². The standard InChI is InChI=1S/C13H21N3O2/c1-14-13(12(17)18-2)6-3-4-11(13)5-8-16-9-7-15-10-16/h7,9-11,14H,3-6,8H2,1-2H3. The van der Waals surface area contributed by atoms with Gasteiger partial charge >= 0.3 is 5.97 Å². The highest BCUT2D eigenvalue weighted by Crippen LogP contribution is 2.38. The van der Waals surface area contributed by atoms with Crippen LogP contribution in [0.5, 0.6) is 0 Å². The van der Waals surface area contributed by atoms with Gasteiger partial charge in [0.05, 0.1) is 13.4 Å². The predicted molar refractivity (Wildman–Crippen MR) is 68.0 cm³/mol. The van der Waals surface area contributed by atoms with E-state index in [0.717, 1.165) is 32.2 Å². The zero-order valence-corrected chi connectivity index (χ0v) is 11.1. The first-order chi connectivity index (χ1) is 8.73. The fourth-order valence-electron chi connectivity index (χ4n) is 3.07. The molecule has 0 spiro atoms. The number of likely N-dealkylation sites (N-methyl/N-ethyl adjacent to an activating group) is 1. The maximum Gasteiger partial charge on any atom is 0.326 e. The van der Waals surface area contributed by atoms with Crippen molar-refractivity contribution in [3.8, 4) is 0 Å². The number of methoxy groups -OCH3 is 1. The number of hydrogen-bond acceptors (Lipinski definition) is 4. The molecule has 1 fully saturated rings. The third kappa shape index (κ3) is 2.27. The minimum Gasteiger partial charge on any atom is -0.468 e. The maximum atomic E-state index is 12.0. The minimum absolute atomic E-state index is 0.127. The Morgan fingerprint density at radius 2 is 2.50 bits per heavy atom. The number of aryl methyl sites for hydroxylation is 1. The fourth-order valence-corrected chi connectivity index (χ4v) is 3.07. The van der Waals surface area contributed by atoms with E-state index in [2.05, 4.69) is 14.9 Å². The number of imidazole rings is 1. The first-order valence-electron chi connectivity index (χ1n) is 6.46. The molecule has 1 aromatic rings. The summed E-state index contributed by atoms with van der Waals surface area (Å²) in [6.45, 7) is 0.894. The fraction of sp³-hybridized carbons (Fsp3) is 0.692. The van der Waals surface area contributed by atoms with Crippen LogP contribution in [0, 0.1) is 5.92 Å². The van der Waals surface area contributed by atoms with E-state index in [1.54, 1.807) is 6.20 Å². The second kappa shape index (κ2) is 5.52. The number of aromatic nitrogens is 2. The van der Waals surface area contributed by atoms with Gasteiger partial charge in [-0.1, -0.05) is 6.42 Å². The quantitative estimate of drug-likeness (QED) is 0.799. The highest BCUT2D eigenvalue weighted by Gasteiger charge is 2.48. The number of nitrogens with zero attached hydrogens (tertiary/aromatic N) is 2. The van der Waals surface area contributed by atoms with Crippen molar-refractivity contribution in [2.24, 2.45) is 5.92 Å². The molecule has 1 N–H and O–H groups in total. The number of ether oxygens (including phenoxy) is 1. The monoisotopic (exact) mass is 251 g/mol. The van der Waals surface area contributed by atoms with Gasteiger partial charge in [-0.3, -0.25) is 4.79 Å². The van der Waals surface area contributed by atoms with Crippen molar-refractivity contribution >= 4 is 5.97 Å². The summed E-state index contributed by atoms with van der Waals surface area (Å²) in [4.78, 5) is 16.1. The van der Waals surface area contributed by atoms with Crippen LogP contribution in [-0.4, -0.2) is 35.2 Å². The molecule has 1 heterocycles. The molecular formula is C13H21N3O2. The summed E-state index contributed by atoms with van der Waals surface area (Å²) in [7, 11) is 3.32. The van der Waals surface area contributed by atoms with Crippen molar-refractivity contribution in [1.29, 1.82) is 0 Å². The van der Waals surface area contributed by atoms with E-state index < -0.39 is 5.54 Å². The van der Waals surface area contributed by atoms with Crippen molar-refractivity contribution in [3.63, 3.8) is 0 Å². The summed E-state index contributed by atoms with van der Waals surface area (Å²) < 4.78 is 7.03. The van der Waals surface area contributed by atoms with Crippen LogP contribution in [0.3, 0.4) is 0 Å². The van der Waals surface area contributed by atoms with E-state index in [1.807, 2.05) is 19.6 Å². The molecule has 0 aromatic carbocycles. The van der Waals surface area contributed by atoms with Crippen molar-refractivity contribution < 1.29 is 9.53 Å². The summed E-state index contributed by atoms with van der Waals surface area (Å²) in [5.41, 5.74) is -0.491. The van der Waals surface area contributed by atoms with E-state index >= 15 is 0 Å². The molecule has 1 aliphatic rings. The van der Waals surface area contributed by atoms with Crippen LogP contribution in [-0.2, 0) is 16.1 Å². The molecule has 5 heteroatoms. The second-order valence-electron chi connectivity index (χ2n) is 4.89. The molecule has 0 radical (unpaired) electrons. The molecule has 0 saturated heterocycles. The van der Waals surface area contributed by atoms with Gasteiger partial charge in [0, 0.05) is 18.9 Å². The number of hydrogen-bond donors (Lipinski definition) is 1. The van der Waals surface area contributed by atoms with Gasteiger partial charge in [0.1, 0.15) is 5.54 Å². The van der Waals surface area contributed by atoms with E-state index in [1.165, 1.54) is 7.11 Å². The summed E-state index contributed by atoms with van der Waals surface area (Å²) in [6.07, 6.45) is 9.52. The molecule has 0 bridgehead atoms. The van der Waals surface area contributed by atoms with Crippen molar-refractivity contribution in [3.05, 3.63) is 18.7 Å². The average molecular weight is 251 g/mol. The molecule has 2 unspecified atom stereocenters. The highest BCUT2D eigenvalue weighted by molar-refractivity contribution is 5.81. The average Bonchev–Trinajstić information content (AvgIpc) is 3.04. The van der Waals surface area contributed by atoms with Crippen molar-refractivity contribution in [2.75, 3.05) is 14.2 Å². The van der Waals surface area contributed by atoms with Crippen LogP contribution in [0.1, 0.15) is 25.7 Å². The summed E-state index contributed by atoms with van der Waals surface area (Å²) in [5, 5.41) is 3.21. The van der Waals surface area contributed by atoms with Crippen LogP contribution in [0.4, 0.5) is 0 Å². The molecule has 0 aliphatic heterocycles. The number of carbonyl (C=O) groups is 1. The van der Waals surface area contributed by atoms with E-state index in [9.17, 15) is 4.79 Å². The Balaban J connectivity index is 2.03. The van der Waals surface area contributed by atoms with Crippen molar-refractivity contribution in [2.45, 2.75) is 37.8 Å².